The van der Waals surface area contributed by atoms with E-state index in [9.17, 15) is 13.2 Å². The van der Waals surface area contributed by atoms with E-state index >= 15 is 0 Å². The molecule has 1 saturated heterocycles. The average Bonchev–Trinajstić information content (AvgIpc) is 3.13. The molecule has 8 heteroatoms. The molecule has 0 radical (unpaired) electrons. The maximum atomic E-state index is 12.7. The predicted molar refractivity (Wildman–Crippen MR) is 104 cm³/mol. The first-order valence-electron chi connectivity index (χ1n) is 8.16. The summed E-state index contributed by atoms with van der Waals surface area (Å²) in [5.74, 6) is -0.492. The van der Waals surface area contributed by atoms with Crippen LogP contribution in [0.5, 0.6) is 0 Å². The van der Waals surface area contributed by atoms with Crippen molar-refractivity contribution in [3.8, 4) is 0 Å². The van der Waals surface area contributed by atoms with Gasteiger partial charge in [0.1, 0.15) is 0 Å². The topological polar surface area (TPSA) is 66.5 Å². The van der Waals surface area contributed by atoms with Crippen LogP contribution in [-0.2, 0) is 10.0 Å². The van der Waals surface area contributed by atoms with Crippen molar-refractivity contribution >= 4 is 44.8 Å². The number of rotatable bonds is 4. The third kappa shape index (κ3) is 3.88. The summed E-state index contributed by atoms with van der Waals surface area (Å²) in [5.41, 5.74) is 1.50. The lowest BCUT2D eigenvalue weighted by atomic mass is 10.2. The van der Waals surface area contributed by atoms with Gasteiger partial charge in [0, 0.05) is 23.8 Å². The van der Waals surface area contributed by atoms with Crippen molar-refractivity contribution in [1.29, 1.82) is 0 Å². The van der Waals surface area contributed by atoms with E-state index in [4.69, 9.17) is 23.2 Å². The third-order valence-corrected chi connectivity index (χ3v) is 6.95. The molecule has 1 aliphatic rings. The van der Waals surface area contributed by atoms with Crippen LogP contribution in [0.2, 0.25) is 10.0 Å². The number of carbonyl (C=O) groups excluding carboxylic acids is 1. The van der Waals surface area contributed by atoms with E-state index in [1.807, 2.05) is 6.92 Å². The van der Waals surface area contributed by atoms with E-state index in [1.54, 1.807) is 18.2 Å². The van der Waals surface area contributed by atoms with Gasteiger partial charge in [-0.05, 0) is 55.7 Å². The lowest BCUT2D eigenvalue weighted by molar-refractivity contribution is 0.102. The highest BCUT2D eigenvalue weighted by Crippen LogP contribution is 2.26. The molecule has 0 saturated carbocycles. The van der Waals surface area contributed by atoms with Crippen LogP contribution < -0.4 is 5.32 Å². The third-order valence-electron chi connectivity index (χ3n) is 4.31. The van der Waals surface area contributed by atoms with E-state index in [0.29, 0.717) is 23.8 Å². The highest BCUT2D eigenvalue weighted by molar-refractivity contribution is 7.89. The van der Waals surface area contributed by atoms with E-state index in [1.165, 1.54) is 22.5 Å². The van der Waals surface area contributed by atoms with Crippen LogP contribution in [0.4, 0.5) is 5.69 Å². The molecule has 5 nitrogen and oxygen atoms in total. The van der Waals surface area contributed by atoms with E-state index < -0.39 is 15.9 Å². The molecule has 1 N–H and O–H groups in total. The molecule has 1 fully saturated rings. The lowest BCUT2D eigenvalue weighted by Gasteiger charge is -2.16. The molecule has 0 atom stereocenters. The van der Waals surface area contributed by atoms with Gasteiger partial charge in [-0.25, -0.2) is 8.42 Å². The second kappa shape index (κ2) is 7.56. The fraction of sp³-hybridized carbons (Fsp3) is 0.278. The molecule has 1 amide bonds. The minimum absolute atomic E-state index is 0.0656. The Morgan fingerprint density at radius 1 is 1.04 bits per heavy atom. The number of amides is 1. The summed E-state index contributed by atoms with van der Waals surface area (Å²) in [7, 11) is -3.62. The van der Waals surface area contributed by atoms with Gasteiger partial charge < -0.3 is 5.32 Å². The van der Waals surface area contributed by atoms with Gasteiger partial charge in [-0.3, -0.25) is 4.79 Å². The van der Waals surface area contributed by atoms with Crippen LogP contribution in [0.1, 0.15) is 28.8 Å². The Bertz CT molecular complexity index is 955. The van der Waals surface area contributed by atoms with Gasteiger partial charge >= 0.3 is 0 Å². The Morgan fingerprint density at radius 2 is 1.73 bits per heavy atom. The molecule has 26 heavy (non-hydrogen) atoms. The molecule has 138 valence electrons. The molecule has 0 aromatic heterocycles. The summed E-state index contributed by atoms with van der Waals surface area (Å²) in [4.78, 5) is 12.7. The van der Waals surface area contributed by atoms with Crippen LogP contribution in [0.25, 0.3) is 0 Å². The summed E-state index contributed by atoms with van der Waals surface area (Å²) in [6.45, 7) is 2.85. The number of halogens is 2. The molecule has 0 spiro atoms. The van der Waals surface area contributed by atoms with Gasteiger partial charge in [0.2, 0.25) is 10.0 Å². The Labute approximate surface area is 163 Å². The van der Waals surface area contributed by atoms with Crippen LogP contribution in [0.3, 0.4) is 0 Å². The first-order chi connectivity index (χ1) is 12.3. The fourth-order valence-corrected chi connectivity index (χ4v) is 4.71. The summed E-state index contributed by atoms with van der Waals surface area (Å²) in [6.07, 6.45) is 1.68. The number of nitrogens with zero attached hydrogens (tertiary/aromatic N) is 1. The summed E-state index contributed by atoms with van der Waals surface area (Å²) in [5, 5.41) is 3.41. The van der Waals surface area contributed by atoms with Crippen LogP contribution >= 0.6 is 23.2 Å². The van der Waals surface area contributed by atoms with Crippen LogP contribution in [0.15, 0.2) is 41.3 Å². The number of hydrogen-bond donors (Lipinski definition) is 1. The molecule has 0 aliphatic carbocycles. The van der Waals surface area contributed by atoms with Crippen molar-refractivity contribution in [2.75, 3.05) is 18.4 Å². The second-order valence-electron chi connectivity index (χ2n) is 6.17. The first-order valence-corrected chi connectivity index (χ1v) is 10.4. The number of anilines is 1. The first kappa shape index (κ1) is 19.2. The molecule has 0 bridgehead atoms. The second-order valence-corrected chi connectivity index (χ2v) is 8.92. The monoisotopic (exact) mass is 412 g/mol. The standard InChI is InChI=1S/C18H18Cl2N2O3S/c1-12-4-5-13(10-17(12)20)21-18(23)15-11-14(6-7-16(15)19)26(24,25)22-8-2-3-9-22/h4-7,10-11H,2-3,8-9H2,1H3,(H,21,23). The van der Waals surface area contributed by atoms with E-state index in [-0.39, 0.29) is 15.5 Å². The van der Waals surface area contributed by atoms with Crippen molar-refractivity contribution in [3.63, 3.8) is 0 Å². The van der Waals surface area contributed by atoms with Crippen molar-refractivity contribution < 1.29 is 13.2 Å². The van der Waals surface area contributed by atoms with Crippen molar-refractivity contribution in [2.24, 2.45) is 0 Å². The molecular weight excluding hydrogens is 395 g/mol. The zero-order valence-electron chi connectivity index (χ0n) is 14.1. The Hall–Kier alpha value is -1.60. The van der Waals surface area contributed by atoms with Gasteiger partial charge in [-0.1, -0.05) is 29.3 Å². The van der Waals surface area contributed by atoms with E-state index in [0.717, 1.165) is 18.4 Å². The molecule has 1 aliphatic heterocycles. The van der Waals surface area contributed by atoms with E-state index in [2.05, 4.69) is 5.32 Å². The number of benzene rings is 2. The molecule has 3 rings (SSSR count). The highest BCUT2D eigenvalue weighted by atomic mass is 35.5. The average molecular weight is 413 g/mol. The van der Waals surface area contributed by atoms with Gasteiger partial charge in [0.25, 0.3) is 5.91 Å². The van der Waals surface area contributed by atoms with Crippen molar-refractivity contribution in [1.82, 2.24) is 4.31 Å². The van der Waals surface area contributed by atoms with Gasteiger partial charge in [-0.2, -0.15) is 4.31 Å². The molecular formula is C18H18Cl2N2O3S. The normalized spacial score (nSPS) is 15.2. The Morgan fingerprint density at radius 3 is 2.38 bits per heavy atom. The number of sulfonamides is 1. The van der Waals surface area contributed by atoms with Crippen molar-refractivity contribution in [3.05, 3.63) is 57.6 Å². The van der Waals surface area contributed by atoms with Crippen LogP contribution in [-0.4, -0.2) is 31.7 Å². The number of carbonyl (C=O) groups is 1. The van der Waals surface area contributed by atoms with Crippen molar-refractivity contribution in [2.45, 2.75) is 24.7 Å². The summed E-state index contributed by atoms with van der Waals surface area (Å²) >= 11 is 12.2. The molecule has 2 aromatic rings. The summed E-state index contributed by atoms with van der Waals surface area (Å²) < 4.78 is 26.8. The Balaban J connectivity index is 1.89. The van der Waals surface area contributed by atoms with Gasteiger partial charge in [-0.15, -0.1) is 0 Å². The largest absolute Gasteiger partial charge is 0.322 e. The Kier molecular flexibility index (Phi) is 5.58. The zero-order valence-corrected chi connectivity index (χ0v) is 16.5. The van der Waals surface area contributed by atoms with Gasteiger partial charge in [0.05, 0.1) is 15.5 Å². The minimum atomic E-state index is -3.62. The quantitative estimate of drug-likeness (QED) is 0.811. The highest BCUT2D eigenvalue weighted by Gasteiger charge is 2.28. The maximum absolute atomic E-state index is 12.7. The minimum Gasteiger partial charge on any atom is -0.322 e. The van der Waals surface area contributed by atoms with Gasteiger partial charge in [0.15, 0.2) is 0 Å². The smallest absolute Gasteiger partial charge is 0.257 e. The van der Waals surface area contributed by atoms with Crippen LogP contribution in [0, 0.1) is 6.92 Å². The number of hydrogen-bond acceptors (Lipinski definition) is 3. The summed E-state index contributed by atoms with van der Waals surface area (Å²) in [6, 6.07) is 9.32. The molecule has 2 aromatic carbocycles. The fourth-order valence-electron chi connectivity index (χ4n) is 2.79. The zero-order chi connectivity index (χ0) is 18.9. The number of aryl methyl sites for hydroxylation is 1. The number of nitrogens with one attached hydrogen (secondary N) is 1. The maximum Gasteiger partial charge on any atom is 0.257 e. The molecule has 1 heterocycles. The SMILES string of the molecule is Cc1ccc(NC(=O)c2cc(S(=O)(=O)N3CCCC3)ccc2Cl)cc1Cl. The lowest BCUT2D eigenvalue weighted by Crippen LogP contribution is -2.28. The predicted octanol–water partition coefficient (Wildman–Crippen LogP) is 4.34. The molecule has 0 unspecified atom stereocenters.